The number of hydrogen-bond acceptors (Lipinski definition) is 3. The highest BCUT2D eigenvalue weighted by Crippen LogP contribution is 2.30. The highest BCUT2D eigenvalue weighted by atomic mass is 19.4. The molecule has 0 spiro atoms. The number of nitrogens with one attached hydrogen (secondary N) is 2. The van der Waals surface area contributed by atoms with E-state index in [9.17, 15) is 22.8 Å². The lowest BCUT2D eigenvalue weighted by Gasteiger charge is -2.28. The highest BCUT2D eigenvalue weighted by Gasteiger charge is 2.57. The van der Waals surface area contributed by atoms with E-state index in [2.05, 4.69) is 11.2 Å². The van der Waals surface area contributed by atoms with Crippen LogP contribution in [0.2, 0.25) is 0 Å². The number of terminal acetylenes is 1. The molecule has 0 aliphatic carbocycles. The molecule has 5 nitrogen and oxygen atoms in total. The van der Waals surface area contributed by atoms with E-state index in [4.69, 9.17) is 11.5 Å². The van der Waals surface area contributed by atoms with Gasteiger partial charge in [-0.1, -0.05) is 5.92 Å². The van der Waals surface area contributed by atoms with Gasteiger partial charge in [0, 0.05) is 0 Å². The second kappa shape index (κ2) is 5.54. The third kappa shape index (κ3) is 3.96. The Morgan fingerprint density at radius 1 is 1.41 bits per heavy atom. The van der Waals surface area contributed by atoms with Gasteiger partial charge in [-0.3, -0.25) is 10.1 Å². The lowest BCUT2D eigenvalue weighted by Crippen LogP contribution is -2.61. The Labute approximate surface area is 95.4 Å². The second-order valence-corrected chi connectivity index (χ2v) is 3.26. The van der Waals surface area contributed by atoms with Crippen LogP contribution in [0.1, 0.15) is 6.92 Å². The Morgan fingerprint density at radius 3 is 2.29 bits per heavy atom. The fourth-order valence-electron chi connectivity index (χ4n) is 0.766. The maximum absolute atomic E-state index is 12.5. The van der Waals surface area contributed by atoms with Gasteiger partial charge in [-0.25, -0.2) is 4.79 Å². The molecule has 0 aliphatic heterocycles. The summed E-state index contributed by atoms with van der Waals surface area (Å²) in [6.45, 7) is -0.510. The molecular weight excluding hydrogens is 241 g/mol. The topological polar surface area (TPSA) is 78.4 Å². The zero-order valence-electron chi connectivity index (χ0n) is 8.89. The van der Waals surface area contributed by atoms with Crippen LogP contribution in [0.5, 0.6) is 0 Å². The lowest BCUT2D eigenvalue weighted by atomic mass is 10.0. The Morgan fingerprint density at radius 2 is 1.94 bits per heavy atom. The summed E-state index contributed by atoms with van der Waals surface area (Å²) in [5, 5.41) is 12.2. The van der Waals surface area contributed by atoms with Crippen LogP contribution < -0.4 is 10.6 Å². The summed E-state index contributed by atoms with van der Waals surface area (Å²) in [5.41, 5.74) is -3.18. The largest absolute Gasteiger partial charge is 0.480 e. The normalized spacial score (nSPS) is 14.5. The van der Waals surface area contributed by atoms with Crippen molar-refractivity contribution in [3.63, 3.8) is 0 Å². The monoisotopic (exact) mass is 252 g/mol. The standard InChI is InChI=1S/C9H11F3N2O3/c1-3-4-13-6(15)5-14-8(2,7(16)17)9(10,11)12/h1,14H,4-5H2,2H3,(H,13,15)(H,16,17). The Bertz CT molecular complexity index is 348. The first-order valence-corrected chi connectivity index (χ1v) is 4.40. The van der Waals surface area contributed by atoms with Gasteiger partial charge in [-0.2, -0.15) is 13.2 Å². The molecule has 1 atom stereocenters. The van der Waals surface area contributed by atoms with Gasteiger partial charge in [0.2, 0.25) is 11.4 Å². The number of carbonyl (C=O) groups excluding carboxylic acids is 1. The van der Waals surface area contributed by atoms with E-state index in [0.717, 1.165) is 0 Å². The van der Waals surface area contributed by atoms with Crippen molar-refractivity contribution in [3.05, 3.63) is 0 Å². The van der Waals surface area contributed by atoms with E-state index >= 15 is 0 Å². The number of alkyl halides is 3. The quantitative estimate of drug-likeness (QED) is 0.589. The molecule has 0 fully saturated rings. The summed E-state index contributed by atoms with van der Waals surface area (Å²) in [6, 6.07) is 0. The van der Waals surface area contributed by atoms with Gasteiger partial charge in [0.15, 0.2) is 0 Å². The first-order valence-electron chi connectivity index (χ1n) is 4.40. The molecule has 3 N–H and O–H groups in total. The average molecular weight is 252 g/mol. The van der Waals surface area contributed by atoms with Crippen LogP contribution in [0, 0.1) is 12.3 Å². The Balaban J connectivity index is 4.56. The van der Waals surface area contributed by atoms with Gasteiger partial charge in [-0.15, -0.1) is 6.42 Å². The first-order chi connectivity index (χ1) is 7.65. The lowest BCUT2D eigenvalue weighted by molar-refractivity contribution is -0.205. The van der Waals surface area contributed by atoms with Crippen LogP contribution >= 0.6 is 0 Å². The summed E-state index contributed by atoms with van der Waals surface area (Å²) < 4.78 is 37.4. The van der Waals surface area contributed by atoms with Gasteiger partial charge in [0.05, 0.1) is 13.1 Å². The van der Waals surface area contributed by atoms with Crippen molar-refractivity contribution in [2.75, 3.05) is 13.1 Å². The highest BCUT2D eigenvalue weighted by molar-refractivity contribution is 5.82. The number of halogens is 3. The zero-order chi connectivity index (χ0) is 13.7. The van der Waals surface area contributed by atoms with E-state index in [1.807, 2.05) is 0 Å². The molecule has 0 radical (unpaired) electrons. The number of hydrogen-bond donors (Lipinski definition) is 3. The minimum atomic E-state index is -5.02. The van der Waals surface area contributed by atoms with E-state index in [0.29, 0.717) is 6.92 Å². The number of rotatable bonds is 5. The Kier molecular flexibility index (Phi) is 4.97. The summed E-state index contributed by atoms with van der Waals surface area (Å²) in [5.74, 6) is -0.885. The fourth-order valence-corrected chi connectivity index (χ4v) is 0.766. The van der Waals surface area contributed by atoms with Crippen molar-refractivity contribution in [1.82, 2.24) is 10.6 Å². The van der Waals surface area contributed by atoms with Crippen molar-refractivity contribution < 1.29 is 27.9 Å². The van der Waals surface area contributed by atoms with Gasteiger partial charge in [0.1, 0.15) is 0 Å². The van der Waals surface area contributed by atoms with E-state index in [1.54, 1.807) is 5.32 Å². The fraction of sp³-hybridized carbons (Fsp3) is 0.556. The number of carboxylic acids is 1. The van der Waals surface area contributed by atoms with Crippen LogP contribution in [0.4, 0.5) is 13.2 Å². The SMILES string of the molecule is C#CCNC(=O)CNC(C)(C(=O)O)C(F)(F)F. The summed E-state index contributed by atoms with van der Waals surface area (Å²) in [6.07, 6.45) is -0.206. The molecule has 0 saturated carbocycles. The molecule has 96 valence electrons. The van der Waals surface area contributed by atoms with Crippen LogP contribution in [-0.4, -0.2) is 41.8 Å². The van der Waals surface area contributed by atoms with Crippen molar-refractivity contribution in [2.24, 2.45) is 0 Å². The van der Waals surface area contributed by atoms with Crippen molar-refractivity contribution in [1.29, 1.82) is 0 Å². The minimum absolute atomic E-state index is 0.143. The van der Waals surface area contributed by atoms with Gasteiger partial charge >= 0.3 is 12.1 Å². The van der Waals surface area contributed by atoms with E-state index in [1.165, 1.54) is 0 Å². The molecule has 8 heteroatoms. The predicted octanol–water partition coefficient (Wildman–Crippen LogP) is -0.269. The van der Waals surface area contributed by atoms with Gasteiger partial charge in [0.25, 0.3) is 0 Å². The van der Waals surface area contributed by atoms with E-state index in [-0.39, 0.29) is 6.54 Å². The van der Waals surface area contributed by atoms with Gasteiger partial charge in [-0.05, 0) is 6.92 Å². The molecule has 0 rings (SSSR count). The zero-order valence-corrected chi connectivity index (χ0v) is 8.89. The molecule has 17 heavy (non-hydrogen) atoms. The molecule has 0 heterocycles. The molecule has 0 bridgehead atoms. The smallest absolute Gasteiger partial charge is 0.417 e. The Hall–Kier alpha value is -1.75. The van der Waals surface area contributed by atoms with Gasteiger partial charge < -0.3 is 10.4 Å². The third-order valence-corrected chi connectivity index (χ3v) is 1.98. The summed E-state index contributed by atoms with van der Waals surface area (Å²) in [7, 11) is 0. The van der Waals surface area contributed by atoms with Crippen molar-refractivity contribution in [2.45, 2.75) is 18.6 Å². The molecule has 0 aliphatic rings. The number of carboxylic acid groups (broad SMARTS) is 1. The first kappa shape index (κ1) is 15.2. The van der Waals surface area contributed by atoms with Crippen LogP contribution in [0.3, 0.4) is 0 Å². The minimum Gasteiger partial charge on any atom is -0.480 e. The van der Waals surface area contributed by atoms with Crippen molar-refractivity contribution in [3.8, 4) is 12.3 Å². The molecule has 0 aromatic heterocycles. The maximum atomic E-state index is 12.5. The van der Waals surface area contributed by atoms with Crippen LogP contribution in [0.15, 0.2) is 0 Å². The van der Waals surface area contributed by atoms with Crippen LogP contribution in [-0.2, 0) is 9.59 Å². The maximum Gasteiger partial charge on any atom is 0.417 e. The summed E-state index contributed by atoms with van der Waals surface area (Å²) >= 11 is 0. The predicted molar refractivity (Wildman–Crippen MR) is 51.9 cm³/mol. The molecular formula is C9H11F3N2O3. The third-order valence-electron chi connectivity index (χ3n) is 1.98. The van der Waals surface area contributed by atoms with Crippen LogP contribution in [0.25, 0.3) is 0 Å². The number of carbonyl (C=O) groups is 2. The van der Waals surface area contributed by atoms with E-state index < -0.39 is 30.1 Å². The molecule has 0 aromatic rings. The van der Waals surface area contributed by atoms with Crippen molar-refractivity contribution >= 4 is 11.9 Å². The second-order valence-electron chi connectivity index (χ2n) is 3.26. The number of aliphatic carboxylic acids is 1. The average Bonchev–Trinajstić information content (AvgIpc) is 2.20. The number of amides is 1. The molecule has 1 amide bonds. The summed E-state index contributed by atoms with van der Waals surface area (Å²) in [4.78, 5) is 21.5. The molecule has 0 aromatic carbocycles. The molecule has 0 saturated heterocycles. The molecule has 1 unspecified atom stereocenters.